The van der Waals surface area contributed by atoms with Gasteiger partial charge in [-0.05, 0) is 31.2 Å². The highest BCUT2D eigenvalue weighted by molar-refractivity contribution is 6.30. The van der Waals surface area contributed by atoms with Crippen molar-refractivity contribution in [2.45, 2.75) is 13.8 Å². The van der Waals surface area contributed by atoms with E-state index in [-0.39, 0.29) is 12.5 Å². The van der Waals surface area contributed by atoms with Crippen molar-refractivity contribution in [2.24, 2.45) is 5.92 Å². The molecule has 2 N–H and O–H groups in total. The van der Waals surface area contributed by atoms with Crippen LogP contribution in [-0.2, 0) is 4.79 Å². The van der Waals surface area contributed by atoms with Crippen molar-refractivity contribution in [3.8, 4) is 5.69 Å². The van der Waals surface area contributed by atoms with Crippen molar-refractivity contribution in [1.29, 1.82) is 0 Å². The summed E-state index contributed by atoms with van der Waals surface area (Å²) in [4.78, 5) is 22.9. The summed E-state index contributed by atoms with van der Waals surface area (Å²) in [5.74, 6) is -1.93. The number of rotatable bonds is 5. The lowest BCUT2D eigenvalue weighted by Crippen LogP contribution is -2.31. The number of carboxylic acids is 1. The lowest BCUT2D eigenvalue weighted by Gasteiger charge is -2.08. The van der Waals surface area contributed by atoms with E-state index in [9.17, 15) is 9.59 Å². The van der Waals surface area contributed by atoms with E-state index in [4.69, 9.17) is 16.7 Å². The lowest BCUT2D eigenvalue weighted by molar-refractivity contribution is -0.140. The molecule has 1 unspecified atom stereocenters. The van der Waals surface area contributed by atoms with Crippen LogP contribution in [0.2, 0.25) is 5.02 Å². The number of amides is 1. The second kappa shape index (κ2) is 6.62. The number of nitrogens with one attached hydrogen (secondary N) is 1. The van der Waals surface area contributed by atoms with Gasteiger partial charge in [0.05, 0.1) is 29.1 Å². The Balaban J connectivity index is 2.15. The highest BCUT2D eigenvalue weighted by atomic mass is 35.5. The first kappa shape index (κ1) is 16.0. The summed E-state index contributed by atoms with van der Waals surface area (Å²) < 4.78 is 1.63. The van der Waals surface area contributed by atoms with E-state index in [2.05, 4.69) is 10.4 Å². The number of hydrogen-bond acceptors (Lipinski definition) is 3. The Labute approximate surface area is 132 Å². The maximum atomic E-state index is 12.1. The van der Waals surface area contributed by atoms with Gasteiger partial charge in [-0.2, -0.15) is 5.10 Å². The van der Waals surface area contributed by atoms with E-state index in [1.165, 1.54) is 13.1 Å². The predicted molar refractivity (Wildman–Crippen MR) is 82.4 cm³/mol. The van der Waals surface area contributed by atoms with E-state index >= 15 is 0 Å². The molecule has 0 fully saturated rings. The molecule has 0 radical (unpaired) electrons. The van der Waals surface area contributed by atoms with Gasteiger partial charge < -0.3 is 10.4 Å². The molecule has 1 aromatic carbocycles. The molecule has 2 rings (SSSR count). The third kappa shape index (κ3) is 3.46. The molecule has 1 aromatic heterocycles. The number of hydrogen-bond donors (Lipinski definition) is 2. The normalized spacial score (nSPS) is 12.0. The van der Waals surface area contributed by atoms with Gasteiger partial charge in [0, 0.05) is 11.6 Å². The van der Waals surface area contributed by atoms with E-state index in [0.717, 1.165) is 5.69 Å². The van der Waals surface area contributed by atoms with Crippen molar-refractivity contribution in [3.05, 3.63) is 46.7 Å². The highest BCUT2D eigenvalue weighted by Crippen LogP contribution is 2.16. The Morgan fingerprint density at radius 1 is 1.36 bits per heavy atom. The maximum absolute atomic E-state index is 12.1. The van der Waals surface area contributed by atoms with E-state index < -0.39 is 11.9 Å². The first-order chi connectivity index (χ1) is 10.4. The van der Waals surface area contributed by atoms with E-state index in [0.29, 0.717) is 16.3 Å². The number of halogens is 1. The number of carboxylic acid groups (broad SMARTS) is 1. The van der Waals surface area contributed by atoms with Crippen LogP contribution in [0.5, 0.6) is 0 Å². The Bertz CT molecular complexity index is 695. The molecule has 6 nitrogen and oxygen atoms in total. The molecule has 1 amide bonds. The van der Waals surface area contributed by atoms with Gasteiger partial charge in [0.2, 0.25) is 0 Å². The molecule has 22 heavy (non-hydrogen) atoms. The molecule has 0 saturated carbocycles. The number of benzene rings is 1. The van der Waals surface area contributed by atoms with Crippen molar-refractivity contribution < 1.29 is 14.7 Å². The van der Waals surface area contributed by atoms with Gasteiger partial charge in [-0.15, -0.1) is 0 Å². The van der Waals surface area contributed by atoms with E-state index in [1.54, 1.807) is 35.9 Å². The monoisotopic (exact) mass is 321 g/mol. The molecule has 1 heterocycles. The Morgan fingerprint density at radius 3 is 2.59 bits per heavy atom. The van der Waals surface area contributed by atoms with Crippen LogP contribution in [0.4, 0.5) is 0 Å². The van der Waals surface area contributed by atoms with Gasteiger partial charge in [-0.3, -0.25) is 9.59 Å². The Morgan fingerprint density at radius 2 is 2.00 bits per heavy atom. The molecular formula is C15H16ClN3O3. The van der Waals surface area contributed by atoms with Crippen LogP contribution in [0.3, 0.4) is 0 Å². The van der Waals surface area contributed by atoms with Gasteiger partial charge >= 0.3 is 5.97 Å². The molecule has 116 valence electrons. The Kier molecular flexibility index (Phi) is 4.82. The second-order valence-corrected chi connectivity index (χ2v) is 5.42. The molecule has 0 aliphatic carbocycles. The molecule has 0 saturated heterocycles. The number of aliphatic carboxylic acids is 1. The SMILES string of the molecule is Cc1c(C(=O)NCC(C)C(=O)O)cnn1-c1ccc(Cl)cc1. The summed E-state index contributed by atoms with van der Waals surface area (Å²) in [7, 11) is 0. The highest BCUT2D eigenvalue weighted by Gasteiger charge is 2.17. The summed E-state index contributed by atoms with van der Waals surface area (Å²) in [5.41, 5.74) is 1.87. The molecule has 0 spiro atoms. The third-order valence-electron chi connectivity index (χ3n) is 3.32. The minimum Gasteiger partial charge on any atom is -0.481 e. The van der Waals surface area contributed by atoms with Crippen LogP contribution in [-0.4, -0.2) is 33.3 Å². The summed E-state index contributed by atoms with van der Waals surface area (Å²) >= 11 is 5.85. The van der Waals surface area contributed by atoms with Gasteiger partial charge in [-0.1, -0.05) is 18.5 Å². The van der Waals surface area contributed by atoms with Crippen LogP contribution in [0.15, 0.2) is 30.5 Å². The standard InChI is InChI=1S/C15H16ClN3O3/c1-9(15(21)22)7-17-14(20)13-8-18-19(10(13)2)12-5-3-11(16)4-6-12/h3-6,8-9H,7H2,1-2H3,(H,17,20)(H,21,22). The largest absolute Gasteiger partial charge is 0.481 e. The smallest absolute Gasteiger partial charge is 0.308 e. The molecule has 7 heteroatoms. The fourth-order valence-corrected chi connectivity index (χ4v) is 2.03. The number of aromatic nitrogens is 2. The minimum atomic E-state index is -0.950. The van der Waals surface area contributed by atoms with Crippen LogP contribution in [0.25, 0.3) is 5.69 Å². The summed E-state index contributed by atoms with van der Waals surface area (Å²) in [6, 6.07) is 7.09. The number of carbonyl (C=O) groups excluding carboxylic acids is 1. The van der Waals surface area contributed by atoms with Crippen LogP contribution in [0, 0.1) is 12.8 Å². The van der Waals surface area contributed by atoms with Crippen molar-refractivity contribution in [3.63, 3.8) is 0 Å². The summed E-state index contributed by atoms with van der Waals surface area (Å²) in [5, 5.41) is 16.2. The average molecular weight is 322 g/mol. The maximum Gasteiger partial charge on any atom is 0.308 e. The zero-order chi connectivity index (χ0) is 16.3. The van der Waals surface area contributed by atoms with Crippen LogP contribution >= 0.6 is 11.6 Å². The topological polar surface area (TPSA) is 84.2 Å². The van der Waals surface area contributed by atoms with Gasteiger partial charge in [-0.25, -0.2) is 4.68 Å². The second-order valence-electron chi connectivity index (χ2n) is 4.98. The third-order valence-corrected chi connectivity index (χ3v) is 3.57. The predicted octanol–water partition coefficient (Wildman–Crippen LogP) is 2.28. The Hall–Kier alpha value is -2.34. The van der Waals surface area contributed by atoms with Gasteiger partial charge in [0.25, 0.3) is 5.91 Å². The molecule has 0 aliphatic heterocycles. The molecule has 0 aliphatic rings. The van der Waals surface area contributed by atoms with Crippen LogP contribution < -0.4 is 5.32 Å². The quantitative estimate of drug-likeness (QED) is 0.885. The van der Waals surface area contributed by atoms with E-state index in [1.807, 2.05) is 0 Å². The average Bonchev–Trinajstić information content (AvgIpc) is 2.87. The first-order valence-electron chi connectivity index (χ1n) is 6.71. The van der Waals surface area contributed by atoms with Crippen LogP contribution in [0.1, 0.15) is 23.0 Å². The van der Waals surface area contributed by atoms with Crippen molar-refractivity contribution in [2.75, 3.05) is 6.54 Å². The molecular weight excluding hydrogens is 306 g/mol. The number of nitrogens with zero attached hydrogens (tertiary/aromatic N) is 2. The zero-order valence-electron chi connectivity index (χ0n) is 12.2. The zero-order valence-corrected chi connectivity index (χ0v) is 13.0. The molecule has 1 atom stereocenters. The first-order valence-corrected chi connectivity index (χ1v) is 7.09. The summed E-state index contributed by atoms with van der Waals surface area (Å²) in [6.07, 6.45) is 1.46. The summed E-state index contributed by atoms with van der Waals surface area (Å²) in [6.45, 7) is 3.38. The fraction of sp³-hybridized carbons (Fsp3) is 0.267. The van der Waals surface area contributed by atoms with Crippen molar-refractivity contribution in [1.82, 2.24) is 15.1 Å². The van der Waals surface area contributed by atoms with Crippen molar-refractivity contribution >= 4 is 23.5 Å². The molecule has 2 aromatic rings. The lowest BCUT2D eigenvalue weighted by atomic mass is 10.1. The fourth-order valence-electron chi connectivity index (χ4n) is 1.90. The minimum absolute atomic E-state index is 0.0692. The van der Waals surface area contributed by atoms with Gasteiger partial charge in [0.1, 0.15) is 0 Å². The molecule has 0 bridgehead atoms. The van der Waals surface area contributed by atoms with Gasteiger partial charge in [0.15, 0.2) is 0 Å². The number of carbonyl (C=O) groups is 2.